The van der Waals surface area contributed by atoms with Gasteiger partial charge in [0.2, 0.25) is 0 Å². The summed E-state index contributed by atoms with van der Waals surface area (Å²) >= 11 is 6.73. The van der Waals surface area contributed by atoms with Crippen molar-refractivity contribution < 1.29 is 9.72 Å². The van der Waals surface area contributed by atoms with Crippen LogP contribution in [0, 0.1) is 10.1 Å². The Morgan fingerprint density at radius 1 is 1.29 bits per heavy atom. The van der Waals surface area contributed by atoms with Crippen molar-refractivity contribution in [1.29, 1.82) is 0 Å². The Morgan fingerprint density at radius 2 is 1.90 bits per heavy atom. The minimum Gasteiger partial charge on any atom is -0.334 e. The molecule has 21 heavy (non-hydrogen) atoms. The smallest absolute Gasteiger partial charge is 0.324 e. The predicted molar refractivity (Wildman–Crippen MR) is 82.9 cm³/mol. The molecule has 1 atom stereocenters. The standard InChI is InChI=1S/C14H13ClN2O3S/c1-9(10-3-5-11(15)6-4-10)16(2)14(18)12-7-8-13(21-12)17(19)20/h3-9H,1-2H3/t9-/m1/s1. The summed E-state index contributed by atoms with van der Waals surface area (Å²) in [6.07, 6.45) is 0. The summed E-state index contributed by atoms with van der Waals surface area (Å²) < 4.78 is 0. The summed E-state index contributed by atoms with van der Waals surface area (Å²) in [7, 11) is 1.67. The lowest BCUT2D eigenvalue weighted by atomic mass is 10.1. The SMILES string of the molecule is C[C@H](c1ccc(Cl)cc1)N(C)C(=O)c1ccc([N+](=O)[O-])s1. The van der Waals surface area contributed by atoms with Gasteiger partial charge >= 0.3 is 5.00 Å². The Kier molecular flexibility index (Phi) is 4.59. The Balaban J connectivity index is 2.17. The number of carbonyl (C=O) groups is 1. The first kappa shape index (κ1) is 15.5. The second-order valence-corrected chi connectivity index (χ2v) is 6.04. The van der Waals surface area contributed by atoms with E-state index in [1.807, 2.05) is 19.1 Å². The summed E-state index contributed by atoms with van der Waals surface area (Å²) in [5, 5.41) is 11.3. The normalized spacial score (nSPS) is 12.0. The van der Waals surface area contributed by atoms with Crippen molar-refractivity contribution in [2.24, 2.45) is 0 Å². The Morgan fingerprint density at radius 3 is 2.43 bits per heavy atom. The van der Waals surface area contributed by atoms with Gasteiger partial charge in [0.25, 0.3) is 5.91 Å². The lowest BCUT2D eigenvalue weighted by Gasteiger charge is -2.24. The molecule has 0 aliphatic heterocycles. The minimum atomic E-state index is -0.496. The quantitative estimate of drug-likeness (QED) is 0.627. The first-order valence-corrected chi connectivity index (χ1v) is 7.36. The van der Waals surface area contributed by atoms with E-state index in [0.717, 1.165) is 16.9 Å². The summed E-state index contributed by atoms with van der Waals surface area (Å²) in [6, 6.07) is 9.91. The van der Waals surface area contributed by atoms with Crippen LogP contribution in [0.3, 0.4) is 0 Å². The second-order valence-electron chi connectivity index (χ2n) is 4.54. The molecule has 1 aromatic heterocycles. The van der Waals surface area contributed by atoms with Gasteiger partial charge in [0.15, 0.2) is 0 Å². The van der Waals surface area contributed by atoms with E-state index in [1.54, 1.807) is 24.1 Å². The fraction of sp³-hybridized carbons (Fsp3) is 0.214. The molecular weight excluding hydrogens is 312 g/mol. The van der Waals surface area contributed by atoms with Gasteiger partial charge in [-0.25, -0.2) is 0 Å². The average Bonchev–Trinajstić information content (AvgIpc) is 2.96. The van der Waals surface area contributed by atoms with Crippen molar-refractivity contribution >= 4 is 33.8 Å². The van der Waals surface area contributed by atoms with Crippen LogP contribution < -0.4 is 0 Å². The number of nitro groups is 1. The molecule has 0 radical (unpaired) electrons. The minimum absolute atomic E-state index is 0.0362. The maximum absolute atomic E-state index is 12.3. The van der Waals surface area contributed by atoms with Gasteiger partial charge in [-0.2, -0.15) is 0 Å². The Bertz CT molecular complexity index is 669. The van der Waals surface area contributed by atoms with Crippen molar-refractivity contribution in [2.45, 2.75) is 13.0 Å². The van der Waals surface area contributed by atoms with Gasteiger partial charge < -0.3 is 4.90 Å². The van der Waals surface area contributed by atoms with Gasteiger partial charge in [0.1, 0.15) is 0 Å². The van der Waals surface area contributed by atoms with Crippen LogP contribution in [0.5, 0.6) is 0 Å². The van der Waals surface area contributed by atoms with Crippen molar-refractivity contribution in [3.05, 3.63) is 62.0 Å². The number of rotatable bonds is 4. The maximum Gasteiger partial charge on any atom is 0.324 e. The molecule has 1 amide bonds. The van der Waals surface area contributed by atoms with E-state index in [1.165, 1.54) is 12.1 Å². The summed E-state index contributed by atoms with van der Waals surface area (Å²) in [4.78, 5) is 24.4. The number of nitrogens with zero attached hydrogens (tertiary/aromatic N) is 2. The number of carbonyl (C=O) groups excluding carboxylic acids is 1. The van der Waals surface area contributed by atoms with E-state index in [9.17, 15) is 14.9 Å². The number of amides is 1. The molecule has 0 saturated heterocycles. The molecule has 2 aromatic rings. The molecule has 0 N–H and O–H groups in total. The third kappa shape index (κ3) is 3.40. The van der Waals surface area contributed by atoms with Crippen molar-refractivity contribution in [1.82, 2.24) is 4.90 Å². The van der Waals surface area contributed by atoms with Crippen molar-refractivity contribution in [3.63, 3.8) is 0 Å². The Labute approximate surface area is 130 Å². The van der Waals surface area contributed by atoms with Crippen LogP contribution in [0.25, 0.3) is 0 Å². The number of hydrogen-bond donors (Lipinski definition) is 0. The van der Waals surface area contributed by atoms with Crippen molar-refractivity contribution in [2.75, 3.05) is 7.05 Å². The molecule has 0 aliphatic rings. The molecule has 0 saturated carbocycles. The highest BCUT2D eigenvalue weighted by Crippen LogP contribution is 2.28. The van der Waals surface area contributed by atoms with E-state index in [2.05, 4.69) is 0 Å². The highest BCUT2D eigenvalue weighted by molar-refractivity contribution is 7.17. The number of thiophene rings is 1. The highest BCUT2D eigenvalue weighted by Gasteiger charge is 2.22. The zero-order valence-electron chi connectivity index (χ0n) is 11.4. The zero-order valence-corrected chi connectivity index (χ0v) is 13.0. The summed E-state index contributed by atoms with van der Waals surface area (Å²) in [5.41, 5.74) is 0.946. The molecular formula is C14H13ClN2O3S. The molecule has 0 aliphatic carbocycles. The molecule has 1 heterocycles. The number of benzene rings is 1. The van der Waals surface area contributed by atoms with Crippen LogP contribution in [0.15, 0.2) is 36.4 Å². The van der Waals surface area contributed by atoms with E-state index in [4.69, 9.17) is 11.6 Å². The van der Waals surface area contributed by atoms with E-state index >= 15 is 0 Å². The monoisotopic (exact) mass is 324 g/mol. The maximum atomic E-state index is 12.3. The molecule has 0 spiro atoms. The van der Waals surface area contributed by atoms with Gasteiger partial charge in [-0.1, -0.05) is 35.1 Å². The lowest BCUT2D eigenvalue weighted by molar-refractivity contribution is -0.380. The molecule has 2 rings (SSSR count). The van der Waals surface area contributed by atoms with E-state index in [-0.39, 0.29) is 17.0 Å². The molecule has 1 aromatic carbocycles. The van der Waals surface area contributed by atoms with Crippen LogP contribution in [-0.2, 0) is 0 Å². The number of halogens is 1. The topological polar surface area (TPSA) is 63.5 Å². The highest BCUT2D eigenvalue weighted by atomic mass is 35.5. The second kappa shape index (κ2) is 6.24. The van der Waals surface area contributed by atoms with Crippen LogP contribution in [0.4, 0.5) is 5.00 Å². The largest absolute Gasteiger partial charge is 0.334 e. The van der Waals surface area contributed by atoms with Gasteiger partial charge in [-0.15, -0.1) is 0 Å². The van der Waals surface area contributed by atoms with Crippen molar-refractivity contribution in [3.8, 4) is 0 Å². The summed E-state index contributed by atoms with van der Waals surface area (Å²) in [5.74, 6) is -0.240. The van der Waals surface area contributed by atoms with Crippen LogP contribution in [-0.4, -0.2) is 22.8 Å². The molecule has 7 heteroatoms. The van der Waals surface area contributed by atoms with Gasteiger partial charge in [0, 0.05) is 18.1 Å². The van der Waals surface area contributed by atoms with Gasteiger partial charge in [-0.3, -0.25) is 14.9 Å². The van der Waals surface area contributed by atoms with Crippen LogP contribution in [0.2, 0.25) is 5.02 Å². The zero-order chi connectivity index (χ0) is 15.6. The third-order valence-corrected chi connectivity index (χ3v) is 4.51. The first-order chi connectivity index (χ1) is 9.90. The molecule has 0 fully saturated rings. The average molecular weight is 325 g/mol. The fourth-order valence-electron chi connectivity index (χ4n) is 1.86. The molecule has 0 unspecified atom stereocenters. The fourth-order valence-corrected chi connectivity index (χ4v) is 2.78. The molecule has 0 bridgehead atoms. The van der Waals surface area contributed by atoms with Gasteiger partial charge in [0.05, 0.1) is 15.8 Å². The first-order valence-electron chi connectivity index (χ1n) is 6.17. The summed E-state index contributed by atoms with van der Waals surface area (Å²) in [6.45, 7) is 1.89. The van der Waals surface area contributed by atoms with Gasteiger partial charge in [-0.05, 0) is 30.7 Å². The molecule has 110 valence electrons. The Hall–Kier alpha value is -1.92. The van der Waals surface area contributed by atoms with E-state index in [0.29, 0.717) is 9.90 Å². The third-order valence-electron chi connectivity index (χ3n) is 3.24. The lowest BCUT2D eigenvalue weighted by Crippen LogP contribution is -2.29. The van der Waals surface area contributed by atoms with Crippen LogP contribution in [0.1, 0.15) is 28.2 Å². The van der Waals surface area contributed by atoms with Crippen LogP contribution >= 0.6 is 22.9 Å². The van der Waals surface area contributed by atoms with E-state index < -0.39 is 4.92 Å². The number of hydrogen-bond acceptors (Lipinski definition) is 4. The predicted octanol–water partition coefficient (Wildman–Crippen LogP) is 4.14. The molecule has 5 nitrogen and oxygen atoms in total.